The van der Waals surface area contributed by atoms with Crippen molar-refractivity contribution in [3.63, 3.8) is 0 Å². The van der Waals surface area contributed by atoms with Crippen molar-refractivity contribution < 1.29 is 14.3 Å². The van der Waals surface area contributed by atoms with Crippen LogP contribution in [0.15, 0.2) is 17.9 Å². The molecule has 0 aliphatic rings. The van der Waals surface area contributed by atoms with Crippen LogP contribution in [0, 0.1) is 5.92 Å². The predicted octanol–water partition coefficient (Wildman–Crippen LogP) is 1.87. The van der Waals surface area contributed by atoms with Gasteiger partial charge in [-0.15, -0.1) is 5.73 Å². The Morgan fingerprint density at radius 3 is 2.14 bits per heavy atom. The van der Waals surface area contributed by atoms with E-state index in [0.29, 0.717) is 5.57 Å². The predicted molar refractivity (Wildman–Crippen MR) is 53.7 cm³/mol. The highest BCUT2D eigenvalue weighted by atomic mass is 16.5. The number of carbonyl (C=O) groups excluding carboxylic acids is 2. The highest BCUT2D eigenvalue weighted by molar-refractivity contribution is 6.35. The van der Waals surface area contributed by atoms with Gasteiger partial charge in [0.1, 0.15) is 0 Å². The summed E-state index contributed by atoms with van der Waals surface area (Å²) in [6.07, 6.45) is -0.272. The van der Waals surface area contributed by atoms with E-state index in [2.05, 4.69) is 12.3 Å². The number of ketones is 1. The fourth-order valence-corrected chi connectivity index (χ4v) is 0.799. The molecule has 0 aromatic heterocycles. The first kappa shape index (κ1) is 12.7. The minimum absolute atomic E-state index is 0.272. The molecule has 0 rings (SSSR count). The van der Waals surface area contributed by atoms with Crippen molar-refractivity contribution in [3.8, 4) is 0 Å². The molecule has 0 fully saturated rings. The van der Waals surface area contributed by atoms with Crippen LogP contribution in [0.3, 0.4) is 0 Å². The maximum absolute atomic E-state index is 11.4. The average Bonchev–Trinajstić information content (AvgIpc) is 2.13. The van der Waals surface area contributed by atoms with Crippen molar-refractivity contribution in [1.82, 2.24) is 0 Å². The lowest BCUT2D eigenvalue weighted by Crippen LogP contribution is -2.26. The summed E-state index contributed by atoms with van der Waals surface area (Å²) in [5, 5.41) is 0. The molecule has 3 heteroatoms. The van der Waals surface area contributed by atoms with E-state index < -0.39 is 17.7 Å². The van der Waals surface area contributed by atoms with Crippen LogP contribution in [0.5, 0.6) is 0 Å². The normalized spacial score (nSPS) is 11.8. The standard InChI is InChI=1S/C11H16O3/c1-6-8(4)9(5)10(12)11(13)14-7(2)3/h7,9H,1H2,2-5H3. The molecule has 3 nitrogen and oxygen atoms in total. The van der Waals surface area contributed by atoms with Crippen molar-refractivity contribution in [1.29, 1.82) is 0 Å². The molecule has 0 radical (unpaired) electrons. The molecular formula is C11H16O3. The summed E-state index contributed by atoms with van der Waals surface area (Å²) in [6, 6.07) is 0. The monoisotopic (exact) mass is 196 g/mol. The van der Waals surface area contributed by atoms with E-state index in [4.69, 9.17) is 4.74 Å². The zero-order valence-corrected chi connectivity index (χ0v) is 9.09. The third-order valence-corrected chi connectivity index (χ3v) is 1.87. The summed E-state index contributed by atoms with van der Waals surface area (Å²) in [5.41, 5.74) is 3.24. The van der Waals surface area contributed by atoms with Gasteiger partial charge in [0.15, 0.2) is 0 Å². The van der Waals surface area contributed by atoms with Crippen molar-refractivity contribution in [2.24, 2.45) is 5.92 Å². The number of carbonyl (C=O) groups is 2. The number of esters is 1. The molecule has 78 valence electrons. The highest BCUT2D eigenvalue weighted by Crippen LogP contribution is 2.10. The highest BCUT2D eigenvalue weighted by Gasteiger charge is 2.24. The van der Waals surface area contributed by atoms with E-state index in [9.17, 15) is 9.59 Å². The number of hydrogen-bond acceptors (Lipinski definition) is 3. The third kappa shape index (κ3) is 3.58. The second-order valence-electron chi connectivity index (χ2n) is 3.40. The Morgan fingerprint density at radius 1 is 1.29 bits per heavy atom. The molecule has 0 saturated heterocycles. The van der Waals surface area contributed by atoms with Crippen molar-refractivity contribution >= 4 is 11.8 Å². The molecule has 0 aromatic rings. The van der Waals surface area contributed by atoms with Gasteiger partial charge in [-0.3, -0.25) is 4.79 Å². The first-order chi connectivity index (χ1) is 6.40. The van der Waals surface area contributed by atoms with Crippen LogP contribution in [0.4, 0.5) is 0 Å². The van der Waals surface area contributed by atoms with Gasteiger partial charge in [0, 0.05) is 0 Å². The quantitative estimate of drug-likeness (QED) is 0.391. The van der Waals surface area contributed by atoms with Gasteiger partial charge in [0.05, 0.1) is 12.0 Å². The Kier molecular flexibility index (Phi) is 4.89. The molecule has 0 saturated carbocycles. The van der Waals surface area contributed by atoms with Gasteiger partial charge in [-0.1, -0.05) is 13.5 Å². The lowest BCUT2D eigenvalue weighted by atomic mass is 9.99. The molecular weight excluding hydrogens is 180 g/mol. The lowest BCUT2D eigenvalue weighted by Gasteiger charge is -2.10. The van der Waals surface area contributed by atoms with Crippen LogP contribution >= 0.6 is 0 Å². The molecule has 0 spiro atoms. The molecule has 0 aliphatic carbocycles. The minimum atomic E-state index is -0.790. The van der Waals surface area contributed by atoms with Gasteiger partial charge in [-0.05, 0) is 26.3 Å². The first-order valence-corrected chi connectivity index (χ1v) is 4.51. The van der Waals surface area contributed by atoms with E-state index >= 15 is 0 Å². The smallest absolute Gasteiger partial charge is 0.375 e. The van der Waals surface area contributed by atoms with Gasteiger partial charge in [0.2, 0.25) is 5.78 Å². The molecule has 0 heterocycles. The number of Topliss-reactive ketones (excluding diaryl/α,β-unsaturated/α-hetero) is 1. The maximum atomic E-state index is 11.4. The Balaban J connectivity index is 4.48. The summed E-state index contributed by atoms with van der Waals surface area (Å²) in [6.45, 7) is 10.2. The number of allylic oxidation sites excluding steroid dienone is 1. The zero-order valence-electron chi connectivity index (χ0n) is 9.09. The fraction of sp³-hybridized carbons (Fsp3) is 0.545. The SMILES string of the molecule is C=C=C(C)C(C)C(=O)C(=O)OC(C)C. The maximum Gasteiger partial charge on any atom is 0.375 e. The molecule has 1 unspecified atom stereocenters. The van der Waals surface area contributed by atoms with Gasteiger partial charge in [-0.2, -0.15) is 0 Å². The Bertz CT molecular complexity index is 283. The third-order valence-electron chi connectivity index (χ3n) is 1.87. The van der Waals surface area contributed by atoms with Crippen molar-refractivity contribution in [3.05, 3.63) is 17.9 Å². The summed E-state index contributed by atoms with van der Waals surface area (Å²) in [4.78, 5) is 22.6. The van der Waals surface area contributed by atoms with Crippen LogP contribution in [0.2, 0.25) is 0 Å². The molecule has 0 aromatic carbocycles. The first-order valence-electron chi connectivity index (χ1n) is 4.51. The van der Waals surface area contributed by atoms with Crippen LogP contribution in [0.25, 0.3) is 0 Å². The van der Waals surface area contributed by atoms with Gasteiger partial charge in [0.25, 0.3) is 0 Å². The van der Waals surface area contributed by atoms with Crippen molar-refractivity contribution in [2.75, 3.05) is 0 Å². The van der Waals surface area contributed by atoms with Gasteiger partial charge < -0.3 is 4.74 Å². The largest absolute Gasteiger partial charge is 0.457 e. The average molecular weight is 196 g/mol. The van der Waals surface area contributed by atoms with E-state index in [1.807, 2.05) is 0 Å². The van der Waals surface area contributed by atoms with Crippen LogP contribution in [-0.4, -0.2) is 17.9 Å². The van der Waals surface area contributed by atoms with Crippen LogP contribution in [0.1, 0.15) is 27.7 Å². The molecule has 0 N–H and O–H groups in total. The van der Waals surface area contributed by atoms with Crippen molar-refractivity contribution in [2.45, 2.75) is 33.8 Å². The summed E-state index contributed by atoms with van der Waals surface area (Å²) < 4.78 is 4.78. The molecule has 0 amide bonds. The van der Waals surface area contributed by atoms with E-state index in [1.54, 1.807) is 27.7 Å². The zero-order chi connectivity index (χ0) is 11.3. The van der Waals surface area contributed by atoms with E-state index in [-0.39, 0.29) is 6.10 Å². The van der Waals surface area contributed by atoms with Gasteiger partial charge >= 0.3 is 5.97 Å². The lowest BCUT2D eigenvalue weighted by molar-refractivity contribution is -0.157. The fourth-order valence-electron chi connectivity index (χ4n) is 0.799. The van der Waals surface area contributed by atoms with Crippen LogP contribution in [-0.2, 0) is 14.3 Å². The second-order valence-corrected chi connectivity index (χ2v) is 3.40. The molecule has 1 atom stereocenters. The van der Waals surface area contributed by atoms with Gasteiger partial charge in [-0.25, -0.2) is 4.79 Å². The Labute approximate surface area is 84.4 Å². The minimum Gasteiger partial charge on any atom is -0.457 e. The summed E-state index contributed by atoms with van der Waals surface area (Å²) >= 11 is 0. The summed E-state index contributed by atoms with van der Waals surface area (Å²) in [7, 11) is 0. The number of hydrogen-bond donors (Lipinski definition) is 0. The van der Waals surface area contributed by atoms with E-state index in [1.165, 1.54) is 0 Å². The Hall–Kier alpha value is -1.34. The van der Waals surface area contributed by atoms with Crippen LogP contribution < -0.4 is 0 Å². The molecule has 14 heavy (non-hydrogen) atoms. The molecule has 0 bridgehead atoms. The Morgan fingerprint density at radius 2 is 1.79 bits per heavy atom. The summed E-state index contributed by atoms with van der Waals surface area (Å²) in [5.74, 6) is -1.84. The number of rotatable bonds is 4. The second kappa shape index (κ2) is 5.40. The van der Waals surface area contributed by atoms with E-state index in [0.717, 1.165) is 0 Å². The molecule has 0 aliphatic heterocycles. The topological polar surface area (TPSA) is 43.4 Å². The number of ether oxygens (including phenoxy) is 1.